The number of unbranched alkanes of at least 4 members (excludes halogenated alkanes) is 2. The number of halogens is 2. The minimum Gasteiger partial charge on any atom is -0.256 e. The maximum Gasteiger partial charge on any atom is 0.0568 e. The van der Waals surface area contributed by atoms with Gasteiger partial charge in [0.1, 0.15) is 0 Å². The lowest BCUT2D eigenvalue weighted by Crippen LogP contribution is -2.00. The van der Waals surface area contributed by atoms with E-state index in [9.17, 15) is 0 Å². The second-order valence-electron chi connectivity index (χ2n) is 4.71. The highest BCUT2D eigenvalue weighted by molar-refractivity contribution is 9.09. The minimum absolute atomic E-state index is 0.392. The fourth-order valence-corrected chi connectivity index (χ4v) is 3.04. The number of alkyl halides is 2. The van der Waals surface area contributed by atoms with Gasteiger partial charge in [0.15, 0.2) is 0 Å². The molecular weight excluding hydrogens is 354 g/mol. The van der Waals surface area contributed by atoms with Crippen molar-refractivity contribution in [1.82, 2.24) is 4.98 Å². The molecule has 1 aromatic rings. The van der Waals surface area contributed by atoms with Gasteiger partial charge in [0.25, 0.3) is 0 Å². The second kappa shape index (κ2) is 9.08. The summed E-state index contributed by atoms with van der Waals surface area (Å²) < 4.78 is 0. The van der Waals surface area contributed by atoms with Crippen LogP contribution in [0.15, 0.2) is 18.2 Å². The molecule has 0 spiro atoms. The highest BCUT2D eigenvalue weighted by atomic mass is 79.9. The Hall–Kier alpha value is 0.110. The first-order chi connectivity index (χ1) is 8.69. The van der Waals surface area contributed by atoms with E-state index in [0.717, 1.165) is 12.8 Å². The maximum absolute atomic E-state index is 4.78. The molecule has 0 saturated carbocycles. The molecule has 0 radical (unpaired) electrons. The van der Waals surface area contributed by atoms with Gasteiger partial charge in [-0.15, -0.1) is 0 Å². The van der Waals surface area contributed by atoms with Crippen molar-refractivity contribution < 1.29 is 0 Å². The normalized spacial score (nSPS) is 14.4. The molecule has 1 heterocycles. The number of pyridine rings is 1. The molecule has 0 aliphatic heterocycles. The van der Waals surface area contributed by atoms with E-state index in [1.807, 2.05) is 0 Å². The first-order valence-electron chi connectivity index (χ1n) is 6.94. The average Bonchev–Trinajstić information content (AvgIpc) is 2.42. The van der Waals surface area contributed by atoms with Crippen molar-refractivity contribution in [2.45, 2.75) is 62.0 Å². The van der Waals surface area contributed by atoms with Gasteiger partial charge in [-0.1, -0.05) is 77.5 Å². The number of hydrogen-bond donors (Lipinski definition) is 0. The third-order valence-electron chi connectivity index (χ3n) is 3.06. The molecule has 0 aliphatic rings. The number of aromatic nitrogens is 1. The summed E-state index contributed by atoms with van der Waals surface area (Å²) in [5.41, 5.74) is 2.34. The van der Waals surface area contributed by atoms with E-state index in [2.05, 4.69) is 63.9 Å². The Morgan fingerprint density at radius 2 is 1.39 bits per heavy atom. The summed E-state index contributed by atoms with van der Waals surface area (Å²) in [5.74, 6) is 0. The maximum atomic E-state index is 4.78. The summed E-state index contributed by atoms with van der Waals surface area (Å²) in [4.78, 5) is 5.57. The molecule has 1 nitrogen and oxygen atoms in total. The van der Waals surface area contributed by atoms with Crippen LogP contribution in [0.5, 0.6) is 0 Å². The SMILES string of the molecule is CCCCC(Br)c1cccc(C(Br)CCCC)n1. The molecule has 2 atom stereocenters. The zero-order valence-electron chi connectivity index (χ0n) is 11.3. The van der Waals surface area contributed by atoms with Crippen LogP contribution >= 0.6 is 31.9 Å². The van der Waals surface area contributed by atoms with Gasteiger partial charge < -0.3 is 0 Å². The van der Waals surface area contributed by atoms with E-state index in [4.69, 9.17) is 4.98 Å². The highest BCUT2D eigenvalue weighted by Crippen LogP contribution is 2.31. The molecule has 3 heteroatoms. The van der Waals surface area contributed by atoms with Crippen molar-refractivity contribution >= 4 is 31.9 Å². The van der Waals surface area contributed by atoms with E-state index in [1.165, 1.54) is 37.1 Å². The Bertz CT molecular complexity index is 312. The molecule has 0 bridgehead atoms. The molecule has 0 saturated heterocycles. The number of hydrogen-bond acceptors (Lipinski definition) is 1. The molecule has 0 N–H and O–H groups in total. The van der Waals surface area contributed by atoms with Gasteiger partial charge in [-0.2, -0.15) is 0 Å². The van der Waals surface area contributed by atoms with Crippen LogP contribution in [0.4, 0.5) is 0 Å². The van der Waals surface area contributed by atoms with Crippen LogP contribution < -0.4 is 0 Å². The summed E-state index contributed by atoms with van der Waals surface area (Å²) >= 11 is 7.49. The van der Waals surface area contributed by atoms with E-state index >= 15 is 0 Å². The molecule has 2 unspecified atom stereocenters. The second-order valence-corrected chi connectivity index (χ2v) is 6.92. The van der Waals surface area contributed by atoms with E-state index in [-0.39, 0.29) is 0 Å². The number of rotatable bonds is 8. The lowest BCUT2D eigenvalue weighted by Gasteiger charge is -2.13. The van der Waals surface area contributed by atoms with Gasteiger partial charge in [0.2, 0.25) is 0 Å². The third kappa shape index (κ3) is 5.40. The molecule has 1 aromatic heterocycles. The van der Waals surface area contributed by atoms with Crippen LogP contribution in [0.1, 0.15) is 73.4 Å². The molecule has 0 fully saturated rings. The van der Waals surface area contributed by atoms with Gasteiger partial charge in [-0.3, -0.25) is 4.98 Å². The zero-order valence-corrected chi connectivity index (χ0v) is 14.5. The Morgan fingerprint density at radius 3 is 1.78 bits per heavy atom. The van der Waals surface area contributed by atoms with E-state index in [0.29, 0.717) is 9.65 Å². The molecule has 0 aromatic carbocycles. The van der Waals surface area contributed by atoms with Gasteiger partial charge in [0.05, 0.1) is 21.0 Å². The van der Waals surface area contributed by atoms with Gasteiger partial charge >= 0.3 is 0 Å². The van der Waals surface area contributed by atoms with E-state index < -0.39 is 0 Å². The molecule has 0 amide bonds. The summed E-state index contributed by atoms with van der Waals surface area (Å²) in [6.45, 7) is 4.45. The monoisotopic (exact) mass is 375 g/mol. The van der Waals surface area contributed by atoms with Crippen LogP contribution in [0.25, 0.3) is 0 Å². The average molecular weight is 377 g/mol. The van der Waals surface area contributed by atoms with Crippen molar-refractivity contribution in [3.8, 4) is 0 Å². The Kier molecular flexibility index (Phi) is 8.16. The van der Waals surface area contributed by atoms with Crippen LogP contribution in [-0.2, 0) is 0 Å². The fraction of sp³-hybridized carbons (Fsp3) is 0.667. The quantitative estimate of drug-likeness (QED) is 0.482. The summed E-state index contributed by atoms with van der Waals surface area (Å²) in [7, 11) is 0. The van der Waals surface area contributed by atoms with Gasteiger partial charge in [-0.25, -0.2) is 0 Å². The Morgan fingerprint density at radius 1 is 0.944 bits per heavy atom. The zero-order chi connectivity index (χ0) is 13.4. The molecule has 18 heavy (non-hydrogen) atoms. The van der Waals surface area contributed by atoms with E-state index in [1.54, 1.807) is 0 Å². The molecule has 1 rings (SSSR count). The van der Waals surface area contributed by atoms with Crippen molar-refractivity contribution in [2.24, 2.45) is 0 Å². The topological polar surface area (TPSA) is 12.9 Å². The van der Waals surface area contributed by atoms with Crippen molar-refractivity contribution in [2.75, 3.05) is 0 Å². The molecule has 102 valence electrons. The Balaban J connectivity index is 2.66. The number of nitrogens with zero attached hydrogens (tertiary/aromatic N) is 1. The van der Waals surface area contributed by atoms with Crippen LogP contribution in [0.2, 0.25) is 0 Å². The predicted molar refractivity (Wildman–Crippen MR) is 86.6 cm³/mol. The molecular formula is C15H23Br2N. The van der Waals surface area contributed by atoms with Crippen molar-refractivity contribution in [3.63, 3.8) is 0 Å². The standard InChI is InChI=1S/C15H23Br2N/c1-3-5-8-12(16)14-10-7-11-15(18-14)13(17)9-6-4-2/h7,10-13H,3-6,8-9H2,1-2H3. The largest absolute Gasteiger partial charge is 0.256 e. The summed E-state index contributed by atoms with van der Waals surface area (Å²) in [6.07, 6.45) is 7.28. The first-order valence-corrected chi connectivity index (χ1v) is 8.77. The lowest BCUT2D eigenvalue weighted by molar-refractivity contribution is 0.683. The predicted octanol–water partition coefficient (Wildman–Crippen LogP) is 6.33. The Labute approximate surface area is 128 Å². The first kappa shape index (κ1) is 16.2. The van der Waals surface area contributed by atoms with Gasteiger partial charge in [0, 0.05) is 0 Å². The van der Waals surface area contributed by atoms with Crippen LogP contribution in [-0.4, -0.2) is 4.98 Å². The van der Waals surface area contributed by atoms with Crippen molar-refractivity contribution in [1.29, 1.82) is 0 Å². The third-order valence-corrected chi connectivity index (χ3v) is 4.91. The van der Waals surface area contributed by atoms with Crippen LogP contribution in [0, 0.1) is 0 Å². The minimum atomic E-state index is 0.392. The van der Waals surface area contributed by atoms with Crippen LogP contribution in [0.3, 0.4) is 0 Å². The van der Waals surface area contributed by atoms with Gasteiger partial charge in [-0.05, 0) is 25.0 Å². The van der Waals surface area contributed by atoms with Crippen molar-refractivity contribution in [3.05, 3.63) is 29.6 Å². The molecule has 0 aliphatic carbocycles. The summed E-state index contributed by atoms with van der Waals surface area (Å²) in [5, 5.41) is 0. The highest BCUT2D eigenvalue weighted by Gasteiger charge is 2.12. The fourth-order valence-electron chi connectivity index (χ4n) is 1.88. The summed E-state index contributed by atoms with van der Waals surface area (Å²) in [6, 6.07) is 6.37. The lowest BCUT2D eigenvalue weighted by atomic mass is 10.1. The smallest absolute Gasteiger partial charge is 0.0568 e.